The highest BCUT2D eigenvalue weighted by Crippen LogP contribution is 2.47. The summed E-state index contributed by atoms with van der Waals surface area (Å²) in [6, 6.07) is 4.23. The van der Waals surface area contributed by atoms with E-state index in [1.807, 2.05) is 6.92 Å². The fourth-order valence-corrected chi connectivity index (χ4v) is 4.23. The van der Waals surface area contributed by atoms with Gasteiger partial charge in [-0.15, -0.1) is 0 Å². The number of aryl methyl sites for hydroxylation is 3. The molecular weight excluding hydrogens is 288 g/mol. The van der Waals surface area contributed by atoms with Gasteiger partial charge in [-0.2, -0.15) is 0 Å². The average Bonchev–Trinajstić information content (AvgIpc) is 2.48. The lowest BCUT2D eigenvalue weighted by Crippen LogP contribution is -2.36. The van der Waals surface area contributed by atoms with Crippen molar-refractivity contribution in [1.29, 1.82) is 0 Å². The summed E-state index contributed by atoms with van der Waals surface area (Å²) in [5.74, 6) is 0.377. The average molecular weight is 314 g/mol. The summed E-state index contributed by atoms with van der Waals surface area (Å²) in [6.45, 7) is 7.60. The van der Waals surface area contributed by atoms with Crippen molar-refractivity contribution in [3.05, 3.63) is 40.1 Å². The number of hydrogen-bond acceptors (Lipinski definition) is 3. The van der Waals surface area contributed by atoms with E-state index >= 15 is 0 Å². The van der Waals surface area contributed by atoms with Crippen molar-refractivity contribution in [3.8, 4) is 0 Å². The van der Waals surface area contributed by atoms with Gasteiger partial charge in [-0.1, -0.05) is 24.6 Å². The first-order valence-corrected chi connectivity index (χ1v) is 8.59. The summed E-state index contributed by atoms with van der Waals surface area (Å²) >= 11 is 0. The second kappa shape index (κ2) is 6.12. The zero-order valence-electron chi connectivity index (χ0n) is 14.4. The first-order valence-electron chi connectivity index (χ1n) is 8.59. The molecular formula is C20H26O3. The number of allylic oxidation sites excluding steroid dienone is 2. The highest BCUT2D eigenvalue weighted by Gasteiger charge is 2.42. The Morgan fingerprint density at radius 3 is 2.48 bits per heavy atom. The fourth-order valence-electron chi connectivity index (χ4n) is 4.23. The molecule has 1 aromatic carbocycles. The number of ether oxygens (including phenoxy) is 1. The third-order valence-corrected chi connectivity index (χ3v) is 5.39. The molecule has 1 heterocycles. The van der Waals surface area contributed by atoms with E-state index in [9.17, 15) is 9.90 Å². The normalized spacial score (nSPS) is 21.1. The third-order valence-electron chi connectivity index (χ3n) is 5.39. The van der Waals surface area contributed by atoms with E-state index in [0.29, 0.717) is 31.6 Å². The van der Waals surface area contributed by atoms with Gasteiger partial charge in [0.25, 0.3) is 0 Å². The van der Waals surface area contributed by atoms with Crippen LogP contribution in [0.5, 0.6) is 0 Å². The van der Waals surface area contributed by atoms with E-state index in [4.69, 9.17) is 4.74 Å². The Morgan fingerprint density at radius 2 is 1.87 bits per heavy atom. The third kappa shape index (κ3) is 2.94. The van der Waals surface area contributed by atoms with Crippen molar-refractivity contribution in [3.63, 3.8) is 0 Å². The van der Waals surface area contributed by atoms with Crippen LogP contribution in [0.3, 0.4) is 0 Å². The highest BCUT2D eigenvalue weighted by atomic mass is 16.5. The molecule has 2 aliphatic rings. The minimum absolute atomic E-state index is 0.0894. The van der Waals surface area contributed by atoms with Gasteiger partial charge in [-0.3, -0.25) is 4.79 Å². The van der Waals surface area contributed by atoms with Crippen LogP contribution in [0.2, 0.25) is 0 Å². The van der Waals surface area contributed by atoms with Crippen LogP contribution in [0, 0.1) is 19.3 Å². The number of aliphatic hydroxyl groups excluding tert-OH is 1. The molecule has 1 aliphatic carbocycles. The SMILES string of the molecule is CCc1cc(C)cc(C)c1C1=C(O)CC2(CCOCC2)CC1=O. The molecule has 1 spiro atoms. The van der Waals surface area contributed by atoms with Gasteiger partial charge in [0.05, 0.1) is 5.57 Å². The quantitative estimate of drug-likeness (QED) is 0.885. The zero-order valence-corrected chi connectivity index (χ0v) is 14.4. The Hall–Kier alpha value is -1.61. The molecule has 0 amide bonds. The Bertz CT molecular complexity index is 664. The summed E-state index contributed by atoms with van der Waals surface area (Å²) in [7, 11) is 0. The lowest BCUT2D eigenvalue weighted by molar-refractivity contribution is -0.118. The number of ketones is 1. The number of Topliss-reactive ketones (excluding diaryl/α,β-unsaturated/α-hetero) is 1. The maximum atomic E-state index is 12.9. The Balaban J connectivity index is 2.06. The molecule has 0 unspecified atom stereocenters. The summed E-state index contributed by atoms with van der Waals surface area (Å²) in [6.07, 6.45) is 3.73. The van der Waals surface area contributed by atoms with E-state index in [1.165, 1.54) is 5.56 Å². The van der Waals surface area contributed by atoms with Gasteiger partial charge in [0.15, 0.2) is 5.78 Å². The van der Waals surface area contributed by atoms with Crippen molar-refractivity contribution in [2.45, 2.75) is 52.9 Å². The molecule has 23 heavy (non-hydrogen) atoms. The second-order valence-electron chi connectivity index (χ2n) is 7.18. The van der Waals surface area contributed by atoms with Gasteiger partial charge in [0, 0.05) is 26.1 Å². The van der Waals surface area contributed by atoms with Crippen molar-refractivity contribution >= 4 is 11.4 Å². The monoisotopic (exact) mass is 314 g/mol. The predicted molar refractivity (Wildman–Crippen MR) is 91.6 cm³/mol. The fraction of sp³-hybridized carbons (Fsp3) is 0.550. The minimum Gasteiger partial charge on any atom is -0.512 e. The predicted octanol–water partition coefficient (Wildman–Crippen LogP) is 4.29. The van der Waals surface area contributed by atoms with Crippen LogP contribution in [0.1, 0.15) is 54.9 Å². The maximum absolute atomic E-state index is 12.9. The molecule has 1 aliphatic heterocycles. The molecule has 3 rings (SSSR count). The molecule has 1 fully saturated rings. The van der Waals surface area contributed by atoms with Crippen LogP contribution < -0.4 is 0 Å². The summed E-state index contributed by atoms with van der Waals surface area (Å²) in [4.78, 5) is 12.9. The molecule has 0 saturated carbocycles. The number of carbonyl (C=O) groups is 1. The lowest BCUT2D eigenvalue weighted by atomic mass is 9.67. The van der Waals surface area contributed by atoms with Gasteiger partial charge in [-0.05, 0) is 55.2 Å². The molecule has 1 saturated heterocycles. The van der Waals surface area contributed by atoms with Crippen molar-refractivity contribution in [2.75, 3.05) is 13.2 Å². The van der Waals surface area contributed by atoms with Crippen LogP contribution in [-0.4, -0.2) is 24.1 Å². The van der Waals surface area contributed by atoms with Crippen LogP contribution in [-0.2, 0) is 16.0 Å². The van der Waals surface area contributed by atoms with E-state index in [-0.39, 0.29) is 17.0 Å². The minimum atomic E-state index is -0.0894. The van der Waals surface area contributed by atoms with Crippen molar-refractivity contribution in [1.82, 2.24) is 0 Å². The van der Waals surface area contributed by atoms with Gasteiger partial charge >= 0.3 is 0 Å². The second-order valence-corrected chi connectivity index (χ2v) is 7.18. The van der Waals surface area contributed by atoms with Crippen molar-refractivity contribution in [2.24, 2.45) is 5.41 Å². The number of aliphatic hydroxyl groups is 1. The van der Waals surface area contributed by atoms with Gasteiger partial charge in [0.1, 0.15) is 5.76 Å². The Morgan fingerprint density at radius 1 is 1.17 bits per heavy atom. The summed E-state index contributed by atoms with van der Waals surface area (Å²) in [5, 5.41) is 10.7. The molecule has 124 valence electrons. The molecule has 0 aromatic heterocycles. The first kappa shape index (κ1) is 16.3. The van der Waals surface area contributed by atoms with Gasteiger partial charge in [-0.25, -0.2) is 0 Å². The lowest BCUT2D eigenvalue weighted by Gasteiger charge is -2.40. The molecule has 0 radical (unpaired) electrons. The van der Waals surface area contributed by atoms with E-state index < -0.39 is 0 Å². The molecule has 1 N–H and O–H groups in total. The summed E-state index contributed by atoms with van der Waals surface area (Å²) in [5.41, 5.74) is 4.87. The Kier molecular flexibility index (Phi) is 4.33. The molecule has 0 atom stereocenters. The molecule has 0 bridgehead atoms. The number of hydrogen-bond donors (Lipinski definition) is 1. The number of rotatable bonds is 2. The first-order chi connectivity index (χ1) is 11.0. The molecule has 3 nitrogen and oxygen atoms in total. The van der Waals surface area contributed by atoms with Gasteiger partial charge < -0.3 is 9.84 Å². The summed E-state index contributed by atoms with van der Waals surface area (Å²) < 4.78 is 5.44. The van der Waals surface area contributed by atoms with E-state index in [2.05, 4.69) is 26.0 Å². The van der Waals surface area contributed by atoms with E-state index in [0.717, 1.165) is 36.0 Å². The zero-order chi connectivity index (χ0) is 16.6. The van der Waals surface area contributed by atoms with Crippen LogP contribution >= 0.6 is 0 Å². The van der Waals surface area contributed by atoms with Crippen LogP contribution in [0.25, 0.3) is 5.57 Å². The smallest absolute Gasteiger partial charge is 0.167 e. The standard InChI is InChI=1S/C20H26O3/c1-4-15-10-13(2)9-14(3)18(15)19-16(21)11-20(12-17(19)22)5-7-23-8-6-20/h9-10,21H,4-8,11-12H2,1-3H3. The molecule has 3 heteroatoms. The Labute approximate surface area is 138 Å². The van der Waals surface area contributed by atoms with Crippen LogP contribution in [0.4, 0.5) is 0 Å². The van der Waals surface area contributed by atoms with Gasteiger partial charge in [0.2, 0.25) is 0 Å². The van der Waals surface area contributed by atoms with Crippen molar-refractivity contribution < 1.29 is 14.6 Å². The largest absolute Gasteiger partial charge is 0.512 e. The van der Waals surface area contributed by atoms with Crippen LogP contribution in [0.15, 0.2) is 17.9 Å². The topological polar surface area (TPSA) is 46.5 Å². The highest BCUT2D eigenvalue weighted by molar-refractivity contribution is 6.23. The number of benzene rings is 1. The molecule has 1 aromatic rings. The maximum Gasteiger partial charge on any atom is 0.167 e. The number of carbonyl (C=O) groups excluding carboxylic acids is 1. The van der Waals surface area contributed by atoms with E-state index in [1.54, 1.807) is 0 Å².